The molecular formula is C17H21N7O. The van der Waals surface area contributed by atoms with Crippen molar-refractivity contribution < 1.29 is 0 Å². The molecule has 0 aliphatic carbocycles. The van der Waals surface area contributed by atoms with Gasteiger partial charge in [0.05, 0.1) is 23.1 Å². The van der Waals surface area contributed by atoms with Gasteiger partial charge in [0.1, 0.15) is 5.69 Å². The quantitative estimate of drug-likeness (QED) is 0.788. The highest BCUT2D eigenvalue weighted by molar-refractivity contribution is 5.65. The smallest absolute Gasteiger partial charge is 0.252 e. The zero-order valence-electron chi connectivity index (χ0n) is 15.0. The number of rotatable bonds is 3. The molecule has 0 unspecified atom stereocenters. The summed E-state index contributed by atoms with van der Waals surface area (Å²) in [7, 11) is 0. The highest BCUT2D eigenvalue weighted by Gasteiger charge is 2.14. The molecule has 0 atom stereocenters. The first-order valence-electron chi connectivity index (χ1n) is 7.98. The van der Waals surface area contributed by atoms with Gasteiger partial charge in [-0.15, -0.1) is 5.10 Å². The van der Waals surface area contributed by atoms with Gasteiger partial charge in [0.25, 0.3) is 5.56 Å². The van der Waals surface area contributed by atoms with Crippen LogP contribution in [0.15, 0.2) is 23.1 Å². The maximum absolute atomic E-state index is 11.9. The van der Waals surface area contributed by atoms with Crippen LogP contribution in [0.4, 0.5) is 0 Å². The Morgan fingerprint density at radius 3 is 2.44 bits per heavy atom. The molecule has 0 fully saturated rings. The van der Waals surface area contributed by atoms with Crippen LogP contribution in [0.3, 0.4) is 0 Å². The second-order valence-electron chi connectivity index (χ2n) is 6.92. The number of nitrogens with one attached hydrogen (secondary N) is 1. The fourth-order valence-corrected chi connectivity index (χ4v) is 2.34. The number of aromatic amines is 1. The molecule has 3 rings (SSSR count). The molecule has 3 aromatic heterocycles. The van der Waals surface area contributed by atoms with E-state index >= 15 is 0 Å². The molecule has 25 heavy (non-hydrogen) atoms. The Kier molecular flexibility index (Phi) is 4.12. The maximum Gasteiger partial charge on any atom is 0.252 e. The van der Waals surface area contributed by atoms with Crippen LogP contribution in [0.5, 0.6) is 0 Å². The van der Waals surface area contributed by atoms with E-state index < -0.39 is 0 Å². The van der Waals surface area contributed by atoms with E-state index in [0.29, 0.717) is 17.3 Å². The molecule has 0 bridgehead atoms. The molecule has 0 amide bonds. The average molecular weight is 339 g/mol. The molecular weight excluding hydrogens is 318 g/mol. The van der Waals surface area contributed by atoms with Crippen molar-refractivity contribution in [2.75, 3.05) is 0 Å². The molecule has 130 valence electrons. The summed E-state index contributed by atoms with van der Waals surface area (Å²) in [6.45, 7) is 9.95. The monoisotopic (exact) mass is 339 g/mol. The van der Waals surface area contributed by atoms with E-state index in [0.717, 1.165) is 11.4 Å². The first-order chi connectivity index (χ1) is 11.7. The van der Waals surface area contributed by atoms with Gasteiger partial charge in [-0.1, -0.05) is 5.21 Å². The molecule has 0 saturated carbocycles. The lowest BCUT2D eigenvalue weighted by atomic mass is 10.1. The van der Waals surface area contributed by atoms with Crippen molar-refractivity contribution in [2.45, 2.75) is 40.2 Å². The van der Waals surface area contributed by atoms with Crippen molar-refractivity contribution in [3.63, 3.8) is 0 Å². The lowest BCUT2D eigenvalue weighted by molar-refractivity contribution is 0.347. The van der Waals surface area contributed by atoms with Gasteiger partial charge in [0.2, 0.25) is 5.95 Å². The minimum Gasteiger partial charge on any atom is -0.291 e. The molecule has 3 aromatic rings. The van der Waals surface area contributed by atoms with Gasteiger partial charge in [0, 0.05) is 11.8 Å². The minimum atomic E-state index is -0.240. The fraction of sp³-hybridized carbons (Fsp3) is 0.353. The molecule has 0 aliphatic heterocycles. The Balaban J connectivity index is 1.92. The van der Waals surface area contributed by atoms with E-state index in [2.05, 4.69) is 25.4 Å². The third kappa shape index (κ3) is 3.73. The summed E-state index contributed by atoms with van der Waals surface area (Å²) in [6, 6.07) is 3.35. The SMILES string of the molecule is Cc1cc(C)n(-c2nc(/C=C/c3cn(C(C)(C)C)nn3)cc(=O)[nH]2)n1. The van der Waals surface area contributed by atoms with Crippen molar-refractivity contribution in [1.82, 2.24) is 34.7 Å². The Hall–Kier alpha value is -3.03. The highest BCUT2D eigenvalue weighted by atomic mass is 16.1. The van der Waals surface area contributed by atoms with Gasteiger partial charge < -0.3 is 0 Å². The first-order valence-corrected chi connectivity index (χ1v) is 7.98. The number of hydrogen-bond donors (Lipinski definition) is 1. The normalized spacial score (nSPS) is 12.2. The van der Waals surface area contributed by atoms with E-state index in [4.69, 9.17) is 0 Å². The first kappa shape index (κ1) is 16.8. The molecule has 8 heteroatoms. The van der Waals surface area contributed by atoms with Crippen LogP contribution >= 0.6 is 0 Å². The zero-order valence-corrected chi connectivity index (χ0v) is 15.0. The third-order valence-corrected chi connectivity index (χ3v) is 3.58. The summed E-state index contributed by atoms with van der Waals surface area (Å²) in [5.41, 5.74) is 2.61. The Morgan fingerprint density at radius 2 is 1.84 bits per heavy atom. The second-order valence-corrected chi connectivity index (χ2v) is 6.92. The summed E-state index contributed by atoms with van der Waals surface area (Å²) >= 11 is 0. The second kappa shape index (κ2) is 6.12. The molecule has 1 N–H and O–H groups in total. The van der Waals surface area contributed by atoms with Crippen molar-refractivity contribution in [3.05, 3.63) is 51.5 Å². The lowest BCUT2D eigenvalue weighted by Crippen LogP contribution is -2.22. The van der Waals surface area contributed by atoms with Crippen LogP contribution in [-0.2, 0) is 5.54 Å². The Labute approximate surface area is 145 Å². The molecule has 8 nitrogen and oxygen atoms in total. The zero-order chi connectivity index (χ0) is 18.2. The molecule has 0 radical (unpaired) electrons. The van der Waals surface area contributed by atoms with Crippen LogP contribution in [0.2, 0.25) is 0 Å². The van der Waals surface area contributed by atoms with Crippen molar-refractivity contribution in [3.8, 4) is 5.95 Å². The van der Waals surface area contributed by atoms with Gasteiger partial charge >= 0.3 is 0 Å². The van der Waals surface area contributed by atoms with Gasteiger partial charge in [0.15, 0.2) is 0 Å². The molecule has 3 heterocycles. The van der Waals surface area contributed by atoms with Gasteiger partial charge in [-0.05, 0) is 52.8 Å². The van der Waals surface area contributed by atoms with Gasteiger partial charge in [-0.25, -0.2) is 14.3 Å². The predicted molar refractivity (Wildman–Crippen MR) is 95.4 cm³/mol. The van der Waals surface area contributed by atoms with E-state index in [1.54, 1.807) is 21.5 Å². The highest BCUT2D eigenvalue weighted by Crippen LogP contribution is 2.13. The number of nitrogens with zero attached hydrogens (tertiary/aromatic N) is 6. The summed E-state index contributed by atoms with van der Waals surface area (Å²) in [5.74, 6) is 0.385. The van der Waals surface area contributed by atoms with E-state index in [-0.39, 0.29) is 11.1 Å². The van der Waals surface area contributed by atoms with Gasteiger partial charge in [-0.3, -0.25) is 9.78 Å². The molecule has 0 aromatic carbocycles. The van der Waals surface area contributed by atoms with E-state index in [1.807, 2.05) is 46.9 Å². The number of aryl methyl sites for hydroxylation is 2. The summed E-state index contributed by atoms with van der Waals surface area (Å²) in [6.07, 6.45) is 5.37. The number of H-pyrrole nitrogens is 1. The van der Waals surface area contributed by atoms with Crippen LogP contribution in [-0.4, -0.2) is 34.7 Å². The fourth-order valence-electron chi connectivity index (χ4n) is 2.34. The standard InChI is InChI=1S/C17H21N7O/c1-11-8-12(2)24(21-11)16-18-13(9-15(25)19-16)6-7-14-10-23(22-20-14)17(3,4)5/h6-10H,1-5H3,(H,18,19,25)/b7-6+. The summed E-state index contributed by atoms with van der Waals surface area (Å²) < 4.78 is 3.41. The van der Waals surface area contributed by atoms with Crippen molar-refractivity contribution in [2.24, 2.45) is 0 Å². The Morgan fingerprint density at radius 1 is 1.12 bits per heavy atom. The van der Waals surface area contributed by atoms with Crippen LogP contribution < -0.4 is 5.56 Å². The molecule has 0 spiro atoms. The van der Waals surface area contributed by atoms with Crippen LogP contribution in [0, 0.1) is 13.8 Å². The van der Waals surface area contributed by atoms with Gasteiger partial charge in [-0.2, -0.15) is 5.10 Å². The summed E-state index contributed by atoms with van der Waals surface area (Å²) in [4.78, 5) is 19.1. The van der Waals surface area contributed by atoms with Crippen LogP contribution in [0.1, 0.15) is 43.5 Å². The number of hydrogen-bond acceptors (Lipinski definition) is 5. The number of aromatic nitrogens is 7. The molecule has 0 aliphatic rings. The largest absolute Gasteiger partial charge is 0.291 e. The molecule has 0 saturated heterocycles. The van der Waals surface area contributed by atoms with E-state index in [9.17, 15) is 4.79 Å². The van der Waals surface area contributed by atoms with Crippen molar-refractivity contribution in [1.29, 1.82) is 0 Å². The third-order valence-electron chi connectivity index (χ3n) is 3.58. The van der Waals surface area contributed by atoms with E-state index in [1.165, 1.54) is 6.07 Å². The average Bonchev–Trinajstić information content (AvgIpc) is 3.10. The van der Waals surface area contributed by atoms with Crippen molar-refractivity contribution >= 4 is 12.2 Å². The lowest BCUT2D eigenvalue weighted by Gasteiger charge is -2.17. The summed E-state index contributed by atoms with van der Waals surface area (Å²) in [5, 5.41) is 12.6. The maximum atomic E-state index is 11.9. The Bertz CT molecular complexity index is 985. The topological polar surface area (TPSA) is 94.3 Å². The predicted octanol–water partition coefficient (Wildman–Crippen LogP) is 2.09. The van der Waals surface area contributed by atoms with Crippen LogP contribution in [0.25, 0.3) is 18.1 Å². The minimum absolute atomic E-state index is 0.135.